The fraction of sp³-hybridized carbons (Fsp3) is 0.407. The largest absolute Gasteiger partial charge is 0.573 e. The molecule has 4 rings (SSSR count). The third kappa shape index (κ3) is 7.42. The summed E-state index contributed by atoms with van der Waals surface area (Å²) in [6.45, 7) is 2.49. The van der Waals surface area contributed by atoms with Gasteiger partial charge in [-0.25, -0.2) is 13.9 Å². The zero-order chi connectivity index (χ0) is 28.9. The Morgan fingerprint density at radius 1 is 1.18 bits per heavy atom. The number of nitrogens with one attached hydrogen (secondary N) is 2. The number of aromatic nitrogens is 2. The quantitative estimate of drug-likeness (QED) is 0.357. The normalized spacial score (nSPS) is 17.9. The Balaban J connectivity index is 1.55. The molecule has 1 saturated heterocycles. The van der Waals surface area contributed by atoms with Crippen LogP contribution in [0, 0.1) is 6.92 Å². The van der Waals surface area contributed by atoms with E-state index in [0.717, 1.165) is 0 Å². The molecule has 0 saturated carbocycles. The molecule has 1 aliphatic heterocycles. The molecule has 0 radical (unpaired) electrons. The van der Waals surface area contributed by atoms with Crippen molar-refractivity contribution < 1.29 is 36.6 Å². The second kappa shape index (κ2) is 12.6. The van der Waals surface area contributed by atoms with Crippen LogP contribution in [-0.2, 0) is 17.9 Å². The van der Waals surface area contributed by atoms with E-state index in [-0.39, 0.29) is 37.0 Å². The predicted octanol–water partition coefficient (Wildman–Crippen LogP) is 4.97. The molecule has 0 spiro atoms. The van der Waals surface area contributed by atoms with E-state index >= 15 is 0 Å². The summed E-state index contributed by atoms with van der Waals surface area (Å²) in [7, 11) is 3.30. The molecule has 9 nitrogen and oxygen atoms in total. The van der Waals surface area contributed by atoms with Gasteiger partial charge in [-0.05, 0) is 50.2 Å². The predicted molar refractivity (Wildman–Crippen MR) is 139 cm³/mol. The number of para-hydroxylation sites is 1. The molecule has 2 atom stereocenters. The first-order valence-electron chi connectivity index (χ1n) is 12.6. The van der Waals surface area contributed by atoms with Gasteiger partial charge in [-0.3, -0.25) is 5.32 Å². The standard InChI is InChI=1S/C27H31F4N5O4/c1-17-24(33-26(37)32-14-19-13-18(16-38-3)9-10-22(19)40-27(29,30)31)36(20-7-5-4-6-8-20)34-25(17)39-23-11-12-35(2)15-21(23)28/h4-10,13,21,23H,11-12,14-16H2,1-3H3,(H2,32,33,37)/t21-,23+/m0/s1. The third-order valence-corrected chi connectivity index (χ3v) is 6.36. The molecule has 0 bridgehead atoms. The minimum atomic E-state index is -4.90. The number of alkyl halides is 4. The smallest absolute Gasteiger partial charge is 0.470 e. The summed E-state index contributed by atoms with van der Waals surface area (Å²) in [5, 5.41) is 9.78. The van der Waals surface area contributed by atoms with Crippen LogP contribution in [-0.4, -0.2) is 66.6 Å². The lowest BCUT2D eigenvalue weighted by atomic mass is 10.1. The lowest BCUT2D eigenvalue weighted by Gasteiger charge is -2.31. The van der Waals surface area contributed by atoms with Gasteiger partial charge in [0, 0.05) is 32.3 Å². The number of urea groups is 1. The van der Waals surface area contributed by atoms with Crippen LogP contribution < -0.4 is 20.1 Å². The van der Waals surface area contributed by atoms with E-state index in [1.165, 1.54) is 30.0 Å². The van der Waals surface area contributed by atoms with Gasteiger partial charge in [0.15, 0.2) is 0 Å². The second-order valence-electron chi connectivity index (χ2n) is 9.48. The minimum Gasteiger partial charge on any atom is -0.470 e. The maximum Gasteiger partial charge on any atom is 0.573 e. The average molecular weight is 566 g/mol. The van der Waals surface area contributed by atoms with Crippen LogP contribution in [0.25, 0.3) is 5.69 Å². The van der Waals surface area contributed by atoms with Crippen LogP contribution in [0.2, 0.25) is 0 Å². The Morgan fingerprint density at radius 2 is 1.93 bits per heavy atom. The average Bonchev–Trinajstić information content (AvgIpc) is 3.20. The molecule has 0 aliphatic carbocycles. The SMILES string of the molecule is COCc1ccc(OC(F)(F)F)c(CNC(=O)Nc2c(C)c(O[C@@H]3CCN(C)C[C@@H]3F)nn2-c2ccccc2)c1. The van der Waals surface area contributed by atoms with Crippen molar-refractivity contribution in [2.75, 3.05) is 32.6 Å². The van der Waals surface area contributed by atoms with E-state index in [2.05, 4.69) is 20.5 Å². The monoisotopic (exact) mass is 565 g/mol. The second-order valence-corrected chi connectivity index (χ2v) is 9.48. The topological polar surface area (TPSA) is 89.9 Å². The number of likely N-dealkylation sites (tertiary alicyclic amines) is 1. The van der Waals surface area contributed by atoms with E-state index in [0.29, 0.717) is 29.8 Å². The number of carbonyl (C=O) groups is 1. The molecule has 3 aromatic rings. The summed E-state index contributed by atoms with van der Waals surface area (Å²) < 4.78 is 70.0. The highest BCUT2D eigenvalue weighted by Crippen LogP contribution is 2.31. The van der Waals surface area contributed by atoms with Crippen LogP contribution in [0.15, 0.2) is 48.5 Å². The molecule has 1 aliphatic rings. The van der Waals surface area contributed by atoms with Crippen LogP contribution in [0.5, 0.6) is 11.6 Å². The molecule has 2 heterocycles. The molecule has 2 amide bonds. The highest BCUT2D eigenvalue weighted by Gasteiger charge is 2.33. The number of carbonyl (C=O) groups excluding carboxylic acids is 1. The Morgan fingerprint density at radius 3 is 2.60 bits per heavy atom. The van der Waals surface area contributed by atoms with E-state index in [9.17, 15) is 22.4 Å². The summed E-state index contributed by atoms with van der Waals surface area (Å²) in [4.78, 5) is 14.8. The van der Waals surface area contributed by atoms with Crippen molar-refractivity contribution in [3.05, 3.63) is 65.2 Å². The van der Waals surface area contributed by atoms with Crippen molar-refractivity contribution in [1.29, 1.82) is 0 Å². The lowest BCUT2D eigenvalue weighted by molar-refractivity contribution is -0.274. The molecule has 40 heavy (non-hydrogen) atoms. The molecule has 2 aromatic carbocycles. The molecular formula is C27H31F4N5O4. The van der Waals surface area contributed by atoms with Gasteiger partial charge in [-0.1, -0.05) is 24.3 Å². The van der Waals surface area contributed by atoms with Crippen molar-refractivity contribution in [1.82, 2.24) is 20.0 Å². The molecule has 13 heteroatoms. The van der Waals surface area contributed by atoms with E-state index in [4.69, 9.17) is 9.47 Å². The highest BCUT2D eigenvalue weighted by molar-refractivity contribution is 5.89. The summed E-state index contributed by atoms with van der Waals surface area (Å²) in [6.07, 6.45) is -6.32. The molecular weight excluding hydrogens is 534 g/mol. The van der Waals surface area contributed by atoms with E-state index in [1.54, 1.807) is 31.2 Å². The Labute approximate surface area is 229 Å². The van der Waals surface area contributed by atoms with Crippen molar-refractivity contribution >= 4 is 11.8 Å². The maximum atomic E-state index is 14.7. The molecule has 216 valence electrons. The summed E-state index contributed by atoms with van der Waals surface area (Å²) >= 11 is 0. The number of piperidine rings is 1. The van der Waals surface area contributed by atoms with Crippen molar-refractivity contribution in [2.45, 2.75) is 45.1 Å². The fourth-order valence-corrected chi connectivity index (χ4v) is 4.38. The van der Waals surface area contributed by atoms with Crippen molar-refractivity contribution in [3.63, 3.8) is 0 Å². The maximum absolute atomic E-state index is 14.7. The van der Waals surface area contributed by atoms with Crippen LogP contribution >= 0.6 is 0 Å². The van der Waals surface area contributed by atoms with Crippen LogP contribution in [0.1, 0.15) is 23.1 Å². The van der Waals surface area contributed by atoms with Crippen molar-refractivity contribution in [2.24, 2.45) is 0 Å². The van der Waals surface area contributed by atoms with Crippen LogP contribution in [0.4, 0.5) is 28.2 Å². The van der Waals surface area contributed by atoms with Gasteiger partial charge < -0.3 is 24.4 Å². The van der Waals surface area contributed by atoms with Crippen molar-refractivity contribution in [3.8, 4) is 17.3 Å². The number of nitrogens with zero attached hydrogens (tertiary/aromatic N) is 3. The van der Waals surface area contributed by atoms with Gasteiger partial charge in [0.2, 0.25) is 5.88 Å². The zero-order valence-electron chi connectivity index (χ0n) is 22.3. The van der Waals surface area contributed by atoms with Gasteiger partial charge in [-0.2, -0.15) is 0 Å². The molecule has 2 N–H and O–H groups in total. The van der Waals surface area contributed by atoms with E-state index < -0.39 is 30.4 Å². The summed E-state index contributed by atoms with van der Waals surface area (Å²) in [5.74, 6) is -0.000767. The third-order valence-electron chi connectivity index (χ3n) is 6.36. The van der Waals surface area contributed by atoms with Gasteiger partial charge in [0.25, 0.3) is 0 Å². The van der Waals surface area contributed by atoms with E-state index in [1.807, 2.05) is 18.0 Å². The number of benzene rings is 2. The van der Waals surface area contributed by atoms with Gasteiger partial charge >= 0.3 is 12.4 Å². The number of rotatable bonds is 9. The van der Waals surface area contributed by atoms with Gasteiger partial charge in [-0.15, -0.1) is 18.3 Å². The Hall–Kier alpha value is -3.84. The number of hydrogen-bond donors (Lipinski definition) is 2. The van der Waals surface area contributed by atoms with Crippen LogP contribution in [0.3, 0.4) is 0 Å². The summed E-state index contributed by atoms with van der Waals surface area (Å²) in [6, 6.07) is 12.3. The van der Waals surface area contributed by atoms with Gasteiger partial charge in [0.05, 0.1) is 17.9 Å². The number of amides is 2. The lowest BCUT2D eigenvalue weighted by Crippen LogP contribution is -2.45. The van der Waals surface area contributed by atoms with Gasteiger partial charge in [0.1, 0.15) is 23.8 Å². The number of methoxy groups -OCH3 is 1. The summed E-state index contributed by atoms with van der Waals surface area (Å²) in [5.41, 5.74) is 1.79. The first-order chi connectivity index (χ1) is 19.0. The number of hydrogen-bond acceptors (Lipinski definition) is 6. The highest BCUT2D eigenvalue weighted by atomic mass is 19.4. The zero-order valence-corrected chi connectivity index (χ0v) is 22.3. The molecule has 1 fully saturated rings. The minimum absolute atomic E-state index is 0.107. The number of anilines is 1. The Bertz CT molecular complexity index is 1300. The fourth-order valence-electron chi connectivity index (χ4n) is 4.38. The first kappa shape index (κ1) is 29.2. The molecule has 1 aromatic heterocycles. The number of halogens is 4. The number of ether oxygens (including phenoxy) is 3. The first-order valence-corrected chi connectivity index (χ1v) is 12.6. The Kier molecular flexibility index (Phi) is 9.15. The molecule has 0 unspecified atom stereocenters.